The van der Waals surface area contributed by atoms with E-state index in [1.54, 1.807) is 0 Å². The first-order valence-corrected chi connectivity index (χ1v) is 7.79. The number of nitrogens with two attached hydrogens (primary N) is 1. The molecule has 2 atom stereocenters. The molecule has 0 aromatic heterocycles. The summed E-state index contributed by atoms with van der Waals surface area (Å²) in [6.45, 7) is 4.90. The molecule has 2 unspecified atom stereocenters. The van der Waals surface area contributed by atoms with Crippen molar-refractivity contribution in [3.63, 3.8) is 0 Å². The van der Waals surface area contributed by atoms with E-state index in [4.69, 9.17) is 16.2 Å². The van der Waals surface area contributed by atoms with Gasteiger partial charge >= 0.3 is 5.97 Å². The van der Waals surface area contributed by atoms with Crippen molar-refractivity contribution < 1.29 is 9.90 Å². The normalized spacial score (nSPS) is 13.8. The fourth-order valence-corrected chi connectivity index (χ4v) is 2.04. The highest BCUT2D eigenvalue weighted by atomic mass is 16.4. The number of hydrogen-bond acceptors (Lipinski definition) is 3. The summed E-state index contributed by atoms with van der Waals surface area (Å²) in [6.07, 6.45) is 8.44. The summed E-state index contributed by atoms with van der Waals surface area (Å²) >= 11 is 0. The minimum Gasteiger partial charge on any atom is -0.480 e. The van der Waals surface area contributed by atoms with E-state index in [1.165, 1.54) is 32.1 Å². The molecule has 0 heterocycles. The summed E-state index contributed by atoms with van der Waals surface area (Å²) in [6, 6.07) is -0.790. The van der Waals surface area contributed by atoms with E-state index in [1.807, 2.05) is 0 Å². The van der Waals surface area contributed by atoms with Crippen molar-refractivity contribution >= 4 is 11.8 Å². The lowest BCUT2D eigenvalue weighted by atomic mass is 10.0. The van der Waals surface area contributed by atoms with Crippen LogP contribution in [0.25, 0.3) is 0 Å². The number of aliphatic carboxylic acids is 1. The molecule has 0 amide bonds. The number of carboxylic acids is 1. The minimum atomic E-state index is -0.958. The van der Waals surface area contributed by atoms with Gasteiger partial charge < -0.3 is 16.2 Å². The lowest BCUT2D eigenvalue weighted by Crippen LogP contribution is -2.33. The summed E-state index contributed by atoms with van der Waals surface area (Å²) in [7, 11) is 0. The van der Waals surface area contributed by atoms with Gasteiger partial charge in [-0.05, 0) is 19.3 Å². The summed E-state index contributed by atoms with van der Waals surface area (Å²) in [5.74, 6) is -0.144. The van der Waals surface area contributed by atoms with Crippen LogP contribution in [-0.4, -0.2) is 29.5 Å². The number of nitrogens with one attached hydrogen (secondary N) is 2. The summed E-state index contributed by atoms with van der Waals surface area (Å²) in [5, 5.41) is 19.6. The SMILES string of the molecule is CCCCCCCC(C)C(=N)NCCCC(N)C(=O)O. The zero-order valence-electron chi connectivity index (χ0n) is 13.0. The van der Waals surface area contributed by atoms with E-state index in [9.17, 15) is 4.79 Å². The number of amidine groups is 1. The first-order chi connectivity index (χ1) is 9.49. The highest BCUT2D eigenvalue weighted by molar-refractivity contribution is 5.81. The summed E-state index contributed by atoms with van der Waals surface area (Å²) in [4.78, 5) is 10.5. The highest BCUT2D eigenvalue weighted by Crippen LogP contribution is 2.11. The third kappa shape index (κ3) is 9.78. The maximum absolute atomic E-state index is 10.5. The van der Waals surface area contributed by atoms with Gasteiger partial charge in [0.15, 0.2) is 0 Å². The minimum absolute atomic E-state index is 0.254. The van der Waals surface area contributed by atoms with Gasteiger partial charge in [-0.3, -0.25) is 10.2 Å². The van der Waals surface area contributed by atoms with E-state index >= 15 is 0 Å². The molecular weight excluding hydrogens is 254 g/mol. The number of unbranched alkanes of at least 4 members (excludes halogenated alkanes) is 4. The van der Waals surface area contributed by atoms with Crippen molar-refractivity contribution in [3.05, 3.63) is 0 Å². The fourth-order valence-electron chi connectivity index (χ4n) is 2.04. The quantitative estimate of drug-likeness (QED) is 0.252. The summed E-state index contributed by atoms with van der Waals surface area (Å²) in [5.41, 5.74) is 5.42. The molecule has 5 heteroatoms. The first kappa shape index (κ1) is 18.9. The van der Waals surface area contributed by atoms with Gasteiger partial charge in [-0.15, -0.1) is 0 Å². The molecule has 5 N–H and O–H groups in total. The molecule has 0 aromatic carbocycles. The van der Waals surface area contributed by atoms with Gasteiger partial charge in [0.05, 0.1) is 5.84 Å². The molecule has 0 rings (SSSR count). The number of carboxylic acid groups (broad SMARTS) is 1. The molecule has 5 nitrogen and oxygen atoms in total. The van der Waals surface area contributed by atoms with Gasteiger partial charge in [-0.1, -0.05) is 46.0 Å². The molecule has 0 saturated heterocycles. The number of carbonyl (C=O) groups is 1. The molecule has 20 heavy (non-hydrogen) atoms. The van der Waals surface area contributed by atoms with Crippen LogP contribution in [0.15, 0.2) is 0 Å². The van der Waals surface area contributed by atoms with Crippen LogP contribution in [0.4, 0.5) is 0 Å². The van der Waals surface area contributed by atoms with E-state index in [2.05, 4.69) is 19.2 Å². The van der Waals surface area contributed by atoms with Gasteiger partial charge in [-0.25, -0.2) is 0 Å². The smallest absolute Gasteiger partial charge is 0.320 e. The second-order valence-corrected chi connectivity index (χ2v) is 5.53. The van der Waals surface area contributed by atoms with Crippen LogP contribution in [-0.2, 0) is 4.79 Å². The van der Waals surface area contributed by atoms with Gasteiger partial charge in [0.1, 0.15) is 6.04 Å². The van der Waals surface area contributed by atoms with E-state index in [0.29, 0.717) is 25.2 Å². The molecule has 0 aliphatic heterocycles. The Bertz CT molecular complexity index is 282. The van der Waals surface area contributed by atoms with Crippen molar-refractivity contribution in [1.29, 1.82) is 5.41 Å². The largest absolute Gasteiger partial charge is 0.480 e. The molecule has 0 saturated carbocycles. The van der Waals surface area contributed by atoms with E-state index in [-0.39, 0.29) is 5.92 Å². The third-order valence-electron chi connectivity index (χ3n) is 3.56. The van der Waals surface area contributed by atoms with Crippen LogP contribution >= 0.6 is 0 Å². The average molecular weight is 285 g/mol. The Hall–Kier alpha value is -1.10. The second kappa shape index (κ2) is 11.7. The van der Waals surface area contributed by atoms with Crippen molar-refractivity contribution in [1.82, 2.24) is 5.32 Å². The molecule has 0 spiro atoms. The molecular formula is C15H31N3O2. The zero-order chi connectivity index (χ0) is 15.4. The second-order valence-electron chi connectivity index (χ2n) is 5.53. The zero-order valence-corrected chi connectivity index (χ0v) is 13.0. The van der Waals surface area contributed by atoms with Crippen LogP contribution < -0.4 is 11.1 Å². The molecule has 0 radical (unpaired) electrons. The van der Waals surface area contributed by atoms with Gasteiger partial charge in [0, 0.05) is 12.5 Å². The van der Waals surface area contributed by atoms with Crippen LogP contribution in [0.1, 0.15) is 65.2 Å². The molecule has 0 aromatic rings. The Morgan fingerprint density at radius 3 is 2.45 bits per heavy atom. The molecule has 118 valence electrons. The monoisotopic (exact) mass is 285 g/mol. The Labute approximate surface area is 122 Å². The van der Waals surface area contributed by atoms with Gasteiger partial charge in [0.25, 0.3) is 0 Å². The number of hydrogen-bond donors (Lipinski definition) is 4. The Balaban J connectivity index is 3.57. The van der Waals surface area contributed by atoms with Crippen LogP contribution in [0.5, 0.6) is 0 Å². The van der Waals surface area contributed by atoms with E-state index in [0.717, 1.165) is 6.42 Å². The predicted octanol–water partition coefficient (Wildman–Crippen LogP) is 2.74. The maximum atomic E-state index is 10.5. The average Bonchev–Trinajstić information content (AvgIpc) is 2.42. The van der Waals surface area contributed by atoms with Gasteiger partial charge in [-0.2, -0.15) is 0 Å². The van der Waals surface area contributed by atoms with Crippen LogP contribution in [0.3, 0.4) is 0 Å². The standard InChI is InChI=1S/C15H31N3O2/c1-3-4-5-6-7-9-12(2)14(17)18-11-8-10-13(16)15(19)20/h12-13H,3-11,16H2,1-2H3,(H2,17,18)(H,19,20). The van der Waals surface area contributed by atoms with E-state index < -0.39 is 12.0 Å². The third-order valence-corrected chi connectivity index (χ3v) is 3.56. The van der Waals surface area contributed by atoms with Crippen LogP contribution in [0, 0.1) is 11.3 Å². The predicted molar refractivity (Wildman–Crippen MR) is 83.1 cm³/mol. The Morgan fingerprint density at radius 2 is 1.85 bits per heavy atom. The topological polar surface area (TPSA) is 99.2 Å². The molecule has 0 aliphatic carbocycles. The fraction of sp³-hybridized carbons (Fsp3) is 0.867. The van der Waals surface area contributed by atoms with Crippen molar-refractivity contribution in [2.45, 2.75) is 71.3 Å². The Morgan fingerprint density at radius 1 is 1.20 bits per heavy atom. The van der Waals surface area contributed by atoms with Crippen molar-refractivity contribution in [3.8, 4) is 0 Å². The molecule has 0 fully saturated rings. The molecule has 0 bridgehead atoms. The van der Waals surface area contributed by atoms with Crippen LogP contribution in [0.2, 0.25) is 0 Å². The Kier molecular flexibility index (Phi) is 11.1. The lowest BCUT2D eigenvalue weighted by molar-refractivity contribution is -0.138. The highest BCUT2D eigenvalue weighted by Gasteiger charge is 2.11. The van der Waals surface area contributed by atoms with Crippen molar-refractivity contribution in [2.24, 2.45) is 11.7 Å². The maximum Gasteiger partial charge on any atom is 0.320 e. The van der Waals surface area contributed by atoms with Crippen molar-refractivity contribution in [2.75, 3.05) is 6.54 Å². The summed E-state index contributed by atoms with van der Waals surface area (Å²) < 4.78 is 0. The lowest BCUT2D eigenvalue weighted by Gasteiger charge is -2.15. The molecule has 0 aliphatic rings. The first-order valence-electron chi connectivity index (χ1n) is 7.79. The number of rotatable bonds is 12. The van der Waals surface area contributed by atoms with Gasteiger partial charge in [0.2, 0.25) is 0 Å².